The summed E-state index contributed by atoms with van der Waals surface area (Å²) in [6.07, 6.45) is 7.38. The summed E-state index contributed by atoms with van der Waals surface area (Å²) in [6.45, 7) is 4.78. The number of rotatable bonds is 5. The van der Waals surface area contributed by atoms with Crippen LogP contribution >= 0.6 is 0 Å². The summed E-state index contributed by atoms with van der Waals surface area (Å²) >= 11 is 0. The lowest BCUT2D eigenvalue weighted by Gasteiger charge is -2.38. The van der Waals surface area contributed by atoms with E-state index in [2.05, 4.69) is 38.4 Å². The minimum absolute atomic E-state index is 0.0184. The van der Waals surface area contributed by atoms with E-state index in [1.807, 2.05) is 6.07 Å². The van der Waals surface area contributed by atoms with Gasteiger partial charge in [-0.15, -0.1) is 0 Å². The third-order valence-corrected chi connectivity index (χ3v) is 6.38. The van der Waals surface area contributed by atoms with Gasteiger partial charge in [0.15, 0.2) is 11.5 Å². The molecule has 2 saturated heterocycles. The smallest absolute Gasteiger partial charge is 0.231 e. The van der Waals surface area contributed by atoms with Crippen LogP contribution in [0, 0.1) is 0 Å². The van der Waals surface area contributed by atoms with Crippen molar-refractivity contribution in [3.8, 4) is 11.5 Å². The molecule has 3 aliphatic heterocycles. The highest BCUT2D eigenvalue weighted by Crippen LogP contribution is 2.41. The van der Waals surface area contributed by atoms with Crippen LogP contribution in [0.15, 0.2) is 30.6 Å². The Hall–Kier alpha value is -2.54. The predicted molar refractivity (Wildman–Crippen MR) is 111 cm³/mol. The standard InChI is InChI=1S/C22H28N4O3/c1-2-8-26(9-3-1)21-13-20(24-15-25-21)23-14-22(6-10-27-11-7-22)17-4-5-18-19(12-17)29-16-28-18/h4-5,12-13,15H,1-3,6-11,14,16H2,(H,23,24,25). The molecule has 7 nitrogen and oxygen atoms in total. The van der Waals surface area contributed by atoms with E-state index >= 15 is 0 Å². The van der Waals surface area contributed by atoms with Gasteiger partial charge in [0, 0.05) is 44.3 Å². The highest BCUT2D eigenvalue weighted by Gasteiger charge is 2.35. The molecule has 2 aromatic rings. The summed E-state index contributed by atoms with van der Waals surface area (Å²) in [4.78, 5) is 11.3. The van der Waals surface area contributed by atoms with Gasteiger partial charge in [-0.2, -0.15) is 0 Å². The van der Waals surface area contributed by atoms with Crippen molar-refractivity contribution in [2.45, 2.75) is 37.5 Å². The Bertz CT molecular complexity index is 848. The molecule has 0 amide bonds. The van der Waals surface area contributed by atoms with Crippen LogP contribution in [0.4, 0.5) is 11.6 Å². The van der Waals surface area contributed by atoms with Crippen LogP contribution in [-0.4, -0.2) is 49.6 Å². The van der Waals surface area contributed by atoms with E-state index in [9.17, 15) is 0 Å². The van der Waals surface area contributed by atoms with Crippen molar-refractivity contribution >= 4 is 11.6 Å². The lowest BCUT2D eigenvalue weighted by molar-refractivity contribution is 0.0543. The number of hydrogen-bond acceptors (Lipinski definition) is 7. The molecular formula is C22H28N4O3. The van der Waals surface area contributed by atoms with Gasteiger partial charge in [0.2, 0.25) is 6.79 Å². The normalized spacial score (nSPS) is 20.5. The first-order valence-electron chi connectivity index (χ1n) is 10.6. The molecule has 4 heterocycles. The largest absolute Gasteiger partial charge is 0.454 e. The van der Waals surface area contributed by atoms with E-state index in [4.69, 9.17) is 14.2 Å². The molecule has 7 heteroatoms. The second kappa shape index (κ2) is 8.06. The average molecular weight is 396 g/mol. The summed E-state index contributed by atoms with van der Waals surface area (Å²) in [6, 6.07) is 8.40. The highest BCUT2D eigenvalue weighted by atomic mass is 16.7. The number of benzene rings is 1. The van der Waals surface area contributed by atoms with Crippen molar-refractivity contribution in [2.24, 2.45) is 0 Å². The lowest BCUT2D eigenvalue weighted by atomic mass is 9.74. The molecule has 0 radical (unpaired) electrons. The Morgan fingerprint density at radius 1 is 0.966 bits per heavy atom. The number of piperidine rings is 1. The Labute approximate surface area is 171 Å². The second-order valence-electron chi connectivity index (χ2n) is 8.12. The first-order chi connectivity index (χ1) is 14.3. The number of nitrogens with one attached hydrogen (secondary N) is 1. The average Bonchev–Trinajstić information content (AvgIpc) is 3.27. The van der Waals surface area contributed by atoms with Crippen LogP contribution < -0.4 is 19.7 Å². The third kappa shape index (κ3) is 3.83. The highest BCUT2D eigenvalue weighted by molar-refractivity contribution is 5.50. The maximum Gasteiger partial charge on any atom is 0.231 e. The Morgan fingerprint density at radius 2 is 1.79 bits per heavy atom. The SMILES string of the molecule is c1nc(NCC2(c3ccc4c(c3)OCO4)CCOCC2)cc(N2CCCCC2)n1. The van der Waals surface area contributed by atoms with Crippen molar-refractivity contribution in [3.05, 3.63) is 36.2 Å². The minimum Gasteiger partial charge on any atom is -0.454 e. The van der Waals surface area contributed by atoms with Gasteiger partial charge in [0.1, 0.15) is 18.0 Å². The molecule has 0 aliphatic carbocycles. The molecular weight excluding hydrogens is 368 g/mol. The van der Waals surface area contributed by atoms with Gasteiger partial charge in [-0.25, -0.2) is 9.97 Å². The van der Waals surface area contributed by atoms with Gasteiger partial charge >= 0.3 is 0 Å². The summed E-state index contributed by atoms with van der Waals surface area (Å²) in [5, 5.41) is 3.60. The van der Waals surface area contributed by atoms with Gasteiger partial charge in [-0.1, -0.05) is 6.07 Å². The zero-order valence-electron chi connectivity index (χ0n) is 16.7. The lowest BCUT2D eigenvalue weighted by Crippen LogP contribution is -2.40. The minimum atomic E-state index is -0.0184. The molecule has 0 bridgehead atoms. The Morgan fingerprint density at radius 3 is 2.66 bits per heavy atom. The molecule has 154 valence electrons. The second-order valence-corrected chi connectivity index (χ2v) is 8.12. The molecule has 1 N–H and O–H groups in total. The topological polar surface area (TPSA) is 68.7 Å². The molecule has 29 heavy (non-hydrogen) atoms. The van der Waals surface area contributed by atoms with E-state index in [1.54, 1.807) is 6.33 Å². The van der Waals surface area contributed by atoms with Crippen molar-refractivity contribution in [3.63, 3.8) is 0 Å². The van der Waals surface area contributed by atoms with Crippen molar-refractivity contribution in [1.29, 1.82) is 0 Å². The summed E-state index contributed by atoms with van der Waals surface area (Å²) < 4.78 is 16.8. The number of hydrogen-bond donors (Lipinski definition) is 1. The molecule has 1 aromatic carbocycles. The van der Waals surface area contributed by atoms with Gasteiger partial charge < -0.3 is 24.4 Å². The van der Waals surface area contributed by atoms with Crippen molar-refractivity contribution < 1.29 is 14.2 Å². The first-order valence-corrected chi connectivity index (χ1v) is 10.6. The number of fused-ring (bicyclic) bond motifs is 1. The third-order valence-electron chi connectivity index (χ3n) is 6.38. The number of ether oxygens (including phenoxy) is 3. The Kier molecular flexibility index (Phi) is 5.14. The zero-order valence-corrected chi connectivity index (χ0v) is 16.7. The summed E-state index contributed by atoms with van der Waals surface area (Å²) in [5.41, 5.74) is 1.25. The van der Waals surface area contributed by atoms with Crippen LogP contribution in [-0.2, 0) is 10.2 Å². The summed E-state index contributed by atoms with van der Waals surface area (Å²) in [5.74, 6) is 3.56. The van der Waals surface area contributed by atoms with Crippen LogP contribution in [0.2, 0.25) is 0 Å². The fourth-order valence-electron chi connectivity index (χ4n) is 4.56. The first kappa shape index (κ1) is 18.5. The molecule has 2 fully saturated rings. The van der Waals surface area contributed by atoms with E-state index < -0.39 is 0 Å². The maximum atomic E-state index is 5.67. The van der Waals surface area contributed by atoms with E-state index in [0.717, 1.165) is 68.8 Å². The summed E-state index contributed by atoms with van der Waals surface area (Å²) in [7, 11) is 0. The molecule has 0 saturated carbocycles. The van der Waals surface area contributed by atoms with Crippen molar-refractivity contribution in [1.82, 2.24) is 9.97 Å². The molecule has 3 aliphatic rings. The van der Waals surface area contributed by atoms with Gasteiger partial charge in [-0.3, -0.25) is 0 Å². The van der Waals surface area contributed by atoms with Gasteiger partial charge in [0.05, 0.1) is 0 Å². The van der Waals surface area contributed by atoms with E-state index in [0.29, 0.717) is 6.79 Å². The molecule has 5 rings (SSSR count). The van der Waals surface area contributed by atoms with Crippen LogP contribution in [0.5, 0.6) is 11.5 Å². The van der Waals surface area contributed by atoms with Crippen LogP contribution in [0.25, 0.3) is 0 Å². The molecule has 0 unspecified atom stereocenters. The predicted octanol–water partition coefficient (Wildman–Crippen LogP) is 3.36. The Balaban J connectivity index is 1.35. The van der Waals surface area contributed by atoms with Crippen LogP contribution in [0.1, 0.15) is 37.7 Å². The molecule has 1 aromatic heterocycles. The zero-order chi connectivity index (χ0) is 19.5. The monoisotopic (exact) mass is 396 g/mol. The van der Waals surface area contributed by atoms with Gasteiger partial charge in [-0.05, 0) is 49.8 Å². The van der Waals surface area contributed by atoms with E-state index in [-0.39, 0.29) is 5.41 Å². The molecule has 0 atom stereocenters. The van der Waals surface area contributed by atoms with E-state index in [1.165, 1.54) is 24.8 Å². The fourth-order valence-corrected chi connectivity index (χ4v) is 4.56. The van der Waals surface area contributed by atoms with Gasteiger partial charge in [0.25, 0.3) is 0 Å². The maximum absolute atomic E-state index is 5.67. The number of anilines is 2. The van der Waals surface area contributed by atoms with Crippen LogP contribution in [0.3, 0.4) is 0 Å². The quantitative estimate of drug-likeness (QED) is 0.831. The molecule has 0 spiro atoms. The van der Waals surface area contributed by atoms with Crippen molar-refractivity contribution in [2.75, 3.05) is 49.9 Å². The number of nitrogens with zero attached hydrogens (tertiary/aromatic N) is 3. The number of aromatic nitrogens is 2. The fraction of sp³-hybridized carbons (Fsp3) is 0.545.